The van der Waals surface area contributed by atoms with Gasteiger partial charge in [-0.2, -0.15) is 11.8 Å². The lowest BCUT2D eigenvalue weighted by Gasteiger charge is -2.16. The highest BCUT2D eigenvalue weighted by Gasteiger charge is 2.41. The molecule has 17 heavy (non-hydrogen) atoms. The van der Waals surface area contributed by atoms with Gasteiger partial charge in [-0.25, -0.2) is 4.98 Å². The summed E-state index contributed by atoms with van der Waals surface area (Å²) in [5.41, 5.74) is 7.51. The normalized spacial score (nSPS) is 16.6. The minimum absolute atomic E-state index is 0.397. The average molecular weight is 267 g/mol. The summed E-state index contributed by atoms with van der Waals surface area (Å²) in [6.07, 6.45) is 4.71. The number of anilines is 1. The topological polar surface area (TPSA) is 50.9 Å². The van der Waals surface area contributed by atoms with Crippen LogP contribution in [0.1, 0.15) is 24.1 Å². The smallest absolute Gasteiger partial charge is 0.136 e. The van der Waals surface area contributed by atoms with Crippen molar-refractivity contribution in [2.45, 2.75) is 24.5 Å². The predicted molar refractivity (Wildman–Crippen MR) is 78.8 cm³/mol. The first-order valence-electron chi connectivity index (χ1n) is 5.63. The average Bonchev–Trinajstić information content (AvgIpc) is 3.07. The zero-order valence-corrected chi connectivity index (χ0v) is 11.8. The van der Waals surface area contributed by atoms with Crippen LogP contribution in [0.3, 0.4) is 0 Å². The van der Waals surface area contributed by atoms with Gasteiger partial charge in [0.1, 0.15) is 10.8 Å². The van der Waals surface area contributed by atoms with Gasteiger partial charge in [-0.15, -0.1) is 0 Å². The van der Waals surface area contributed by atoms with Crippen molar-refractivity contribution in [2.75, 3.05) is 18.1 Å². The Morgan fingerprint density at radius 3 is 2.82 bits per heavy atom. The van der Waals surface area contributed by atoms with Gasteiger partial charge in [-0.1, -0.05) is 12.2 Å². The standard InChI is InChI=1S/C12H17N3S2/c1-8-3-4-9(10(13)16)11(15-8)14-7-12(17-2)5-6-12/h3-4H,5-7H2,1-2H3,(H2,13,16)(H,14,15). The molecule has 1 aliphatic rings. The zero-order valence-electron chi connectivity index (χ0n) is 10.1. The Morgan fingerprint density at radius 2 is 2.29 bits per heavy atom. The van der Waals surface area contributed by atoms with Crippen molar-refractivity contribution in [3.05, 3.63) is 23.4 Å². The molecule has 3 nitrogen and oxygen atoms in total. The molecule has 3 N–H and O–H groups in total. The molecule has 1 heterocycles. The van der Waals surface area contributed by atoms with Crippen LogP contribution in [-0.2, 0) is 0 Å². The Kier molecular flexibility index (Phi) is 3.58. The molecule has 1 saturated carbocycles. The van der Waals surface area contributed by atoms with Crippen LogP contribution in [0.15, 0.2) is 12.1 Å². The van der Waals surface area contributed by atoms with E-state index >= 15 is 0 Å². The van der Waals surface area contributed by atoms with Crippen LogP contribution in [0, 0.1) is 6.92 Å². The summed E-state index contributed by atoms with van der Waals surface area (Å²) in [7, 11) is 0. The number of aromatic nitrogens is 1. The molecule has 0 aromatic carbocycles. The van der Waals surface area contributed by atoms with Gasteiger partial charge in [0.15, 0.2) is 0 Å². The second-order valence-corrected chi connectivity index (χ2v) is 6.17. The molecule has 5 heteroatoms. The van der Waals surface area contributed by atoms with Crippen molar-refractivity contribution < 1.29 is 0 Å². The van der Waals surface area contributed by atoms with E-state index in [0.717, 1.165) is 23.6 Å². The van der Waals surface area contributed by atoms with Gasteiger partial charge in [0.25, 0.3) is 0 Å². The third-order valence-corrected chi connectivity index (χ3v) is 4.76. The molecular weight excluding hydrogens is 250 g/mol. The SMILES string of the molecule is CSC1(CNc2nc(C)ccc2C(N)=S)CC1. The van der Waals surface area contributed by atoms with Crippen LogP contribution in [0.25, 0.3) is 0 Å². The summed E-state index contributed by atoms with van der Waals surface area (Å²) in [4.78, 5) is 4.87. The molecule has 1 aromatic heterocycles. The first-order chi connectivity index (χ1) is 8.06. The summed E-state index contributed by atoms with van der Waals surface area (Å²) in [6, 6.07) is 3.87. The van der Waals surface area contributed by atoms with Gasteiger partial charge in [-0.3, -0.25) is 0 Å². The summed E-state index contributed by atoms with van der Waals surface area (Å²) < 4.78 is 0.402. The molecule has 92 valence electrons. The van der Waals surface area contributed by atoms with Crippen LogP contribution in [0.5, 0.6) is 0 Å². The minimum Gasteiger partial charge on any atom is -0.389 e. The van der Waals surface area contributed by atoms with Crippen molar-refractivity contribution in [3.63, 3.8) is 0 Å². The second-order valence-electron chi connectivity index (χ2n) is 4.45. The largest absolute Gasteiger partial charge is 0.389 e. The number of nitrogens with two attached hydrogens (primary N) is 1. The molecule has 0 atom stereocenters. The summed E-state index contributed by atoms with van der Waals surface area (Å²) in [5.74, 6) is 0.817. The summed E-state index contributed by atoms with van der Waals surface area (Å²) in [5, 5.41) is 3.39. The van der Waals surface area contributed by atoms with Gasteiger partial charge in [-0.05, 0) is 38.2 Å². The van der Waals surface area contributed by atoms with E-state index in [2.05, 4.69) is 16.6 Å². The van der Waals surface area contributed by atoms with Crippen LogP contribution in [0.2, 0.25) is 0 Å². The van der Waals surface area contributed by atoms with E-state index in [9.17, 15) is 0 Å². The molecule has 0 unspecified atom stereocenters. The molecule has 1 fully saturated rings. The van der Waals surface area contributed by atoms with Gasteiger partial charge >= 0.3 is 0 Å². The van der Waals surface area contributed by atoms with E-state index in [1.807, 2.05) is 30.8 Å². The summed E-state index contributed by atoms with van der Waals surface area (Å²) in [6.45, 7) is 2.90. The first kappa shape index (κ1) is 12.6. The molecule has 0 spiro atoms. The fourth-order valence-electron chi connectivity index (χ4n) is 1.73. The van der Waals surface area contributed by atoms with Gasteiger partial charge in [0, 0.05) is 17.0 Å². The van der Waals surface area contributed by atoms with Crippen molar-refractivity contribution in [2.24, 2.45) is 5.73 Å². The van der Waals surface area contributed by atoms with E-state index in [4.69, 9.17) is 18.0 Å². The molecule has 2 rings (SSSR count). The van der Waals surface area contributed by atoms with E-state index in [1.165, 1.54) is 12.8 Å². The van der Waals surface area contributed by atoms with E-state index in [-0.39, 0.29) is 0 Å². The quantitative estimate of drug-likeness (QED) is 0.802. The van der Waals surface area contributed by atoms with Crippen molar-refractivity contribution >= 4 is 34.8 Å². The fraction of sp³-hybridized carbons (Fsp3) is 0.500. The Balaban J connectivity index is 2.13. The maximum atomic E-state index is 5.70. The zero-order chi connectivity index (χ0) is 12.5. The number of pyridine rings is 1. The van der Waals surface area contributed by atoms with Crippen molar-refractivity contribution in [1.82, 2.24) is 4.98 Å². The lowest BCUT2D eigenvalue weighted by molar-refractivity contribution is 0.937. The molecule has 0 saturated heterocycles. The molecule has 0 aliphatic heterocycles. The molecule has 1 aromatic rings. The molecular formula is C12H17N3S2. The number of rotatable bonds is 5. The maximum Gasteiger partial charge on any atom is 0.136 e. The van der Waals surface area contributed by atoms with Crippen LogP contribution < -0.4 is 11.1 Å². The molecule has 1 aliphatic carbocycles. The maximum absolute atomic E-state index is 5.70. The minimum atomic E-state index is 0.397. The summed E-state index contributed by atoms with van der Waals surface area (Å²) >= 11 is 6.96. The van der Waals surface area contributed by atoms with Crippen LogP contribution >= 0.6 is 24.0 Å². The number of nitrogens with zero attached hydrogens (tertiary/aromatic N) is 1. The monoisotopic (exact) mass is 267 g/mol. The number of thiocarbonyl (C=S) groups is 1. The number of thioether (sulfide) groups is 1. The predicted octanol–water partition coefficient (Wildman–Crippen LogP) is 2.33. The van der Waals surface area contributed by atoms with Crippen LogP contribution in [0.4, 0.5) is 5.82 Å². The first-order valence-corrected chi connectivity index (χ1v) is 7.26. The van der Waals surface area contributed by atoms with Crippen molar-refractivity contribution in [1.29, 1.82) is 0 Å². The van der Waals surface area contributed by atoms with E-state index in [0.29, 0.717) is 9.74 Å². The fourth-order valence-corrected chi connectivity index (χ4v) is 2.62. The number of hydrogen-bond acceptors (Lipinski definition) is 4. The molecule has 0 amide bonds. The Hall–Kier alpha value is -0.810. The Labute approximate surface area is 112 Å². The van der Waals surface area contributed by atoms with Crippen molar-refractivity contribution in [3.8, 4) is 0 Å². The van der Waals surface area contributed by atoms with Gasteiger partial charge < -0.3 is 11.1 Å². The van der Waals surface area contributed by atoms with E-state index in [1.54, 1.807) is 0 Å². The van der Waals surface area contributed by atoms with Gasteiger partial charge in [0.2, 0.25) is 0 Å². The third kappa shape index (κ3) is 2.90. The second kappa shape index (κ2) is 4.82. The Morgan fingerprint density at radius 1 is 1.59 bits per heavy atom. The highest BCUT2D eigenvalue weighted by atomic mass is 32.2. The number of hydrogen-bond donors (Lipinski definition) is 2. The highest BCUT2D eigenvalue weighted by molar-refractivity contribution is 8.00. The molecule has 0 radical (unpaired) electrons. The van der Waals surface area contributed by atoms with Gasteiger partial charge in [0.05, 0.1) is 5.56 Å². The molecule has 0 bridgehead atoms. The Bertz CT molecular complexity index is 441. The highest BCUT2D eigenvalue weighted by Crippen LogP contribution is 2.47. The lowest BCUT2D eigenvalue weighted by atomic mass is 10.2. The third-order valence-electron chi connectivity index (χ3n) is 3.12. The van der Waals surface area contributed by atoms with E-state index < -0.39 is 0 Å². The van der Waals surface area contributed by atoms with Crippen LogP contribution in [-0.4, -0.2) is 27.5 Å². The lowest BCUT2D eigenvalue weighted by Crippen LogP contribution is -2.21. The number of aryl methyl sites for hydroxylation is 1. The number of nitrogens with one attached hydrogen (secondary N) is 1.